The summed E-state index contributed by atoms with van der Waals surface area (Å²) in [4.78, 5) is 18.8. The molecule has 0 aliphatic carbocycles. The number of carbonyl (C=O) groups excluding carboxylic acids is 1. The van der Waals surface area contributed by atoms with Gasteiger partial charge >= 0.3 is 5.97 Å². The summed E-state index contributed by atoms with van der Waals surface area (Å²) in [6.07, 6.45) is 7.62. The van der Waals surface area contributed by atoms with Gasteiger partial charge in [0.1, 0.15) is 11.4 Å². The van der Waals surface area contributed by atoms with Crippen molar-refractivity contribution in [3.63, 3.8) is 0 Å². The van der Waals surface area contributed by atoms with Crippen LogP contribution in [0.2, 0.25) is 0 Å². The zero-order valence-electron chi connectivity index (χ0n) is 17.5. The predicted octanol–water partition coefficient (Wildman–Crippen LogP) is 4.34. The maximum Gasteiger partial charge on any atom is 0.341 e. The van der Waals surface area contributed by atoms with Gasteiger partial charge in [-0.15, -0.1) is 0 Å². The third-order valence-corrected chi connectivity index (χ3v) is 4.80. The summed E-state index contributed by atoms with van der Waals surface area (Å²) in [6, 6.07) is 3.05. The number of carbonyl (C=O) groups is 1. The summed E-state index contributed by atoms with van der Waals surface area (Å²) in [5.74, 6) is 0.446. The second-order valence-electron chi connectivity index (χ2n) is 6.70. The first kappa shape index (κ1) is 22.4. The molecule has 0 saturated carbocycles. The molecule has 1 unspecified atom stereocenters. The Morgan fingerprint density at radius 3 is 2.54 bits per heavy atom. The Bertz CT molecular complexity index is 540. The Morgan fingerprint density at radius 2 is 2.00 bits per heavy atom. The zero-order chi connectivity index (χ0) is 19.5. The summed E-state index contributed by atoms with van der Waals surface area (Å²) < 4.78 is 4.92. The standard InChI is InChI=1S/C19H31N3O2.C2H6/c1-5-7-15(6-2)21-16-8-10-22(11-9-16)18-17(19(23)24-4)12-14(3)13-20-18;1-2/h12-13,15-16,21H,5-11H2,1-4H3;1-2H3. The van der Waals surface area contributed by atoms with Gasteiger partial charge in [-0.25, -0.2) is 9.78 Å². The fourth-order valence-electron chi connectivity index (χ4n) is 3.42. The highest BCUT2D eigenvalue weighted by atomic mass is 16.5. The Hall–Kier alpha value is -1.62. The number of hydrogen-bond acceptors (Lipinski definition) is 5. The van der Waals surface area contributed by atoms with E-state index in [1.165, 1.54) is 26.4 Å². The van der Waals surface area contributed by atoms with Gasteiger partial charge in [0.05, 0.1) is 7.11 Å². The van der Waals surface area contributed by atoms with Crippen molar-refractivity contribution in [1.29, 1.82) is 0 Å². The SMILES string of the molecule is CC.CCCC(CC)NC1CCN(c2ncc(C)cc2C(=O)OC)CC1. The van der Waals surface area contributed by atoms with E-state index >= 15 is 0 Å². The fourth-order valence-corrected chi connectivity index (χ4v) is 3.42. The van der Waals surface area contributed by atoms with E-state index in [9.17, 15) is 4.79 Å². The van der Waals surface area contributed by atoms with Crippen LogP contribution in [0.1, 0.15) is 75.7 Å². The van der Waals surface area contributed by atoms with Gasteiger partial charge in [-0.2, -0.15) is 0 Å². The average molecular weight is 364 g/mol. The van der Waals surface area contributed by atoms with Crippen molar-refractivity contribution in [2.45, 2.75) is 78.8 Å². The van der Waals surface area contributed by atoms with Crippen LogP contribution < -0.4 is 10.2 Å². The van der Waals surface area contributed by atoms with Gasteiger partial charge < -0.3 is 15.0 Å². The molecule has 0 amide bonds. The largest absolute Gasteiger partial charge is 0.465 e. The molecule has 0 spiro atoms. The number of nitrogens with one attached hydrogen (secondary N) is 1. The molecule has 0 aromatic carbocycles. The summed E-state index contributed by atoms with van der Waals surface area (Å²) in [7, 11) is 1.42. The maximum atomic E-state index is 12.0. The van der Waals surface area contributed by atoms with Crippen LogP contribution in [0.5, 0.6) is 0 Å². The third kappa shape index (κ3) is 6.27. The zero-order valence-corrected chi connectivity index (χ0v) is 17.5. The fraction of sp³-hybridized carbons (Fsp3) is 0.714. The van der Waals surface area contributed by atoms with Gasteiger partial charge in [0.2, 0.25) is 0 Å². The molecular weight excluding hydrogens is 326 g/mol. The minimum Gasteiger partial charge on any atom is -0.465 e. The van der Waals surface area contributed by atoms with Crippen LogP contribution in [0.25, 0.3) is 0 Å². The summed E-state index contributed by atoms with van der Waals surface area (Å²) in [6.45, 7) is 12.3. The van der Waals surface area contributed by atoms with Crippen LogP contribution in [0.3, 0.4) is 0 Å². The Balaban J connectivity index is 0.00000163. The van der Waals surface area contributed by atoms with Gasteiger partial charge in [0.15, 0.2) is 0 Å². The quantitative estimate of drug-likeness (QED) is 0.730. The average Bonchev–Trinajstić information content (AvgIpc) is 2.69. The van der Waals surface area contributed by atoms with Gasteiger partial charge in [-0.3, -0.25) is 0 Å². The molecule has 5 heteroatoms. The van der Waals surface area contributed by atoms with E-state index in [-0.39, 0.29) is 5.97 Å². The summed E-state index contributed by atoms with van der Waals surface area (Å²) >= 11 is 0. The second kappa shape index (κ2) is 11.9. The number of esters is 1. The molecule has 1 aliphatic rings. The molecular formula is C21H37N3O2. The molecule has 1 aromatic rings. The van der Waals surface area contributed by atoms with E-state index in [0.717, 1.165) is 37.3 Å². The smallest absolute Gasteiger partial charge is 0.341 e. The molecule has 1 atom stereocenters. The number of anilines is 1. The van der Waals surface area contributed by atoms with E-state index in [4.69, 9.17) is 4.74 Å². The van der Waals surface area contributed by atoms with Crippen LogP contribution >= 0.6 is 0 Å². The van der Waals surface area contributed by atoms with Crippen LogP contribution in [0.4, 0.5) is 5.82 Å². The summed E-state index contributed by atoms with van der Waals surface area (Å²) in [5.41, 5.74) is 1.54. The van der Waals surface area contributed by atoms with Crippen LogP contribution in [0, 0.1) is 6.92 Å². The van der Waals surface area contributed by atoms with Gasteiger partial charge in [0.25, 0.3) is 0 Å². The first-order valence-corrected chi connectivity index (χ1v) is 10.1. The topological polar surface area (TPSA) is 54.5 Å². The lowest BCUT2D eigenvalue weighted by Crippen LogP contribution is -2.46. The van der Waals surface area contributed by atoms with Crippen molar-refractivity contribution >= 4 is 11.8 Å². The van der Waals surface area contributed by atoms with Crippen molar-refractivity contribution in [2.75, 3.05) is 25.1 Å². The van der Waals surface area contributed by atoms with Crippen molar-refractivity contribution in [2.24, 2.45) is 0 Å². The van der Waals surface area contributed by atoms with E-state index in [1.54, 1.807) is 0 Å². The van der Waals surface area contributed by atoms with E-state index in [1.807, 2.05) is 33.0 Å². The van der Waals surface area contributed by atoms with Crippen molar-refractivity contribution in [3.05, 3.63) is 23.4 Å². The molecule has 0 radical (unpaired) electrons. The lowest BCUT2D eigenvalue weighted by atomic mass is 10.0. The number of piperidine rings is 1. The Kier molecular flexibility index (Phi) is 10.3. The van der Waals surface area contributed by atoms with Crippen LogP contribution in [-0.4, -0.2) is 43.2 Å². The molecule has 1 saturated heterocycles. The van der Waals surface area contributed by atoms with Crippen LogP contribution in [-0.2, 0) is 4.74 Å². The van der Waals surface area contributed by atoms with E-state index in [2.05, 4.69) is 29.0 Å². The molecule has 1 fully saturated rings. The summed E-state index contributed by atoms with van der Waals surface area (Å²) in [5, 5.41) is 3.80. The highest BCUT2D eigenvalue weighted by Gasteiger charge is 2.25. The lowest BCUT2D eigenvalue weighted by molar-refractivity contribution is 0.0601. The number of pyridine rings is 1. The second-order valence-corrected chi connectivity index (χ2v) is 6.70. The van der Waals surface area contributed by atoms with Gasteiger partial charge in [-0.05, 0) is 44.2 Å². The molecule has 2 rings (SSSR count). The number of ether oxygens (including phenoxy) is 1. The number of nitrogens with zero attached hydrogens (tertiary/aromatic N) is 2. The third-order valence-electron chi connectivity index (χ3n) is 4.80. The molecule has 2 heterocycles. The highest BCUT2D eigenvalue weighted by Crippen LogP contribution is 2.24. The van der Waals surface area contributed by atoms with E-state index < -0.39 is 0 Å². The monoisotopic (exact) mass is 363 g/mol. The minimum absolute atomic E-state index is 0.310. The minimum atomic E-state index is -0.310. The number of rotatable bonds is 7. The van der Waals surface area contributed by atoms with Crippen LogP contribution in [0.15, 0.2) is 12.3 Å². The molecule has 0 bridgehead atoms. The van der Waals surface area contributed by atoms with Crippen molar-refractivity contribution < 1.29 is 9.53 Å². The van der Waals surface area contributed by atoms with Gasteiger partial charge in [0, 0.05) is 31.4 Å². The lowest BCUT2D eigenvalue weighted by Gasteiger charge is -2.35. The first-order chi connectivity index (χ1) is 12.6. The molecule has 1 aliphatic heterocycles. The van der Waals surface area contributed by atoms with Gasteiger partial charge in [-0.1, -0.05) is 34.1 Å². The number of aryl methyl sites for hydroxylation is 1. The number of methoxy groups -OCH3 is 1. The van der Waals surface area contributed by atoms with Crippen molar-refractivity contribution in [1.82, 2.24) is 10.3 Å². The predicted molar refractivity (Wildman–Crippen MR) is 109 cm³/mol. The molecule has 5 nitrogen and oxygen atoms in total. The van der Waals surface area contributed by atoms with E-state index in [0.29, 0.717) is 17.6 Å². The van der Waals surface area contributed by atoms with Crippen molar-refractivity contribution in [3.8, 4) is 0 Å². The highest BCUT2D eigenvalue weighted by molar-refractivity contribution is 5.95. The molecule has 26 heavy (non-hydrogen) atoms. The number of hydrogen-bond donors (Lipinski definition) is 1. The Labute approximate surface area is 159 Å². The molecule has 1 N–H and O–H groups in total. The maximum absolute atomic E-state index is 12.0. The Morgan fingerprint density at radius 1 is 1.35 bits per heavy atom. The first-order valence-electron chi connectivity index (χ1n) is 10.1. The number of aromatic nitrogens is 1. The molecule has 1 aromatic heterocycles. The molecule has 148 valence electrons. The normalized spacial score (nSPS) is 15.8.